The van der Waals surface area contributed by atoms with Crippen molar-refractivity contribution in [3.8, 4) is 5.75 Å². The average Bonchev–Trinajstić information content (AvgIpc) is 2.83. The van der Waals surface area contributed by atoms with Crippen molar-refractivity contribution in [2.75, 3.05) is 4.90 Å². The predicted octanol–water partition coefficient (Wildman–Crippen LogP) is 1.89. The highest BCUT2D eigenvalue weighted by molar-refractivity contribution is 5.74. The number of hydrogen-bond donors (Lipinski definition) is 0. The summed E-state index contributed by atoms with van der Waals surface area (Å²) < 4.78 is 5.81. The summed E-state index contributed by atoms with van der Waals surface area (Å²) in [7, 11) is 0. The van der Waals surface area contributed by atoms with E-state index >= 15 is 0 Å². The lowest BCUT2D eigenvalue weighted by atomic mass is 10.1. The lowest BCUT2D eigenvalue weighted by molar-refractivity contribution is 0.243. The number of aromatic nitrogens is 2. The highest BCUT2D eigenvalue weighted by Gasteiger charge is 2.39. The van der Waals surface area contributed by atoms with E-state index in [0.717, 1.165) is 18.0 Å². The van der Waals surface area contributed by atoms with Crippen molar-refractivity contribution < 1.29 is 4.74 Å². The highest BCUT2D eigenvalue weighted by atomic mass is 16.5. The molecule has 3 heterocycles. The highest BCUT2D eigenvalue weighted by Crippen LogP contribution is 2.46. The Morgan fingerprint density at radius 1 is 1.31 bits per heavy atom. The summed E-state index contributed by atoms with van der Waals surface area (Å²) >= 11 is 0. The molecule has 4 rings (SSSR count). The van der Waals surface area contributed by atoms with Crippen molar-refractivity contribution in [1.82, 2.24) is 9.97 Å². The standard InChI is InChI=1S/C12H9N3O/c1-2-4-9-8(3-1)5-11-15(9)12-10(16-11)6-13-7-14-12/h1-4,6-7,11H,5H2. The van der Waals surface area contributed by atoms with E-state index in [4.69, 9.17) is 4.74 Å². The normalized spacial score (nSPS) is 20.0. The van der Waals surface area contributed by atoms with Gasteiger partial charge in [0.15, 0.2) is 17.8 Å². The van der Waals surface area contributed by atoms with Crippen molar-refractivity contribution >= 4 is 11.5 Å². The lowest BCUT2D eigenvalue weighted by Gasteiger charge is -2.15. The second-order valence-electron chi connectivity index (χ2n) is 3.99. The number of benzene rings is 1. The Morgan fingerprint density at radius 2 is 2.25 bits per heavy atom. The van der Waals surface area contributed by atoms with E-state index in [1.54, 1.807) is 12.5 Å². The summed E-state index contributed by atoms with van der Waals surface area (Å²) in [6.45, 7) is 0. The van der Waals surface area contributed by atoms with E-state index in [1.807, 2.05) is 6.07 Å². The maximum atomic E-state index is 5.81. The molecule has 2 aliphatic heterocycles. The Kier molecular flexibility index (Phi) is 1.38. The van der Waals surface area contributed by atoms with E-state index in [0.29, 0.717) is 0 Å². The molecular weight excluding hydrogens is 202 g/mol. The van der Waals surface area contributed by atoms with Crippen molar-refractivity contribution in [3.05, 3.63) is 42.4 Å². The maximum Gasteiger partial charge on any atom is 0.183 e. The smallest absolute Gasteiger partial charge is 0.183 e. The van der Waals surface area contributed by atoms with Gasteiger partial charge in [-0.3, -0.25) is 4.90 Å². The van der Waals surface area contributed by atoms with Crippen molar-refractivity contribution in [2.45, 2.75) is 12.6 Å². The van der Waals surface area contributed by atoms with Gasteiger partial charge >= 0.3 is 0 Å². The van der Waals surface area contributed by atoms with Gasteiger partial charge in [0.25, 0.3) is 0 Å². The van der Waals surface area contributed by atoms with E-state index < -0.39 is 0 Å². The molecule has 0 amide bonds. The van der Waals surface area contributed by atoms with Gasteiger partial charge in [-0.25, -0.2) is 9.97 Å². The van der Waals surface area contributed by atoms with Crippen LogP contribution in [0.2, 0.25) is 0 Å². The molecule has 0 radical (unpaired) electrons. The minimum Gasteiger partial charge on any atom is -0.464 e. The third kappa shape index (κ3) is 0.888. The Labute approximate surface area is 92.5 Å². The van der Waals surface area contributed by atoms with Crippen molar-refractivity contribution in [2.24, 2.45) is 0 Å². The molecule has 0 saturated carbocycles. The Morgan fingerprint density at radius 3 is 3.25 bits per heavy atom. The lowest BCUT2D eigenvalue weighted by Crippen LogP contribution is -2.26. The van der Waals surface area contributed by atoms with Crippen LogP contribution in [0.3, 0.4) is 0 Å². The predicted molar refractivity (Wildman–Crippen MR) is 58.7 cm³/mol. The number of ether oxygens (including phenoxy) is 1. The van der Waals surface area contributed by atoms with Crippen LogP contribution in [-0.2, 0) is 6.42 Å². The molecule has 2 aromatic rings. The first-order valence-electron chi connectivity index (χ1n) is 5.27. The quantitative estimate of drug-likeness (QED) is 0.667. The molecule has 1 aromatic heterocycles. The molecule has 1 atom stereocenters. The molecule has 4 nitrogen and oxygen atoms in total. The summed E-state index contributed by atoms with van der Waals surface area (Å²) in [5, 5.41) is 0. The molecule has 4 heteroatoms. The summed E-state index contributed by atoms with van der Waals surface area (Å²) in [5.74, 6) is 1.66. The molecule has 78 valence electrons. The zero-order valence-electron chi connectivity index (χ0n) is 8.50. The van der Waals surface area contributed by atoms with Crippen LogP contribution in [0.4, 0.5) is 11.5 Å². The zero-order valence-corrected chi connectivity index (χ0v) is 8.50. The molecule has 0 saturated heterocycles. The fraction of sp³-hybridized carbons (Fsp3) is 0.167. The van der Waals surface area contributed by atoms with Crippen LogP contribution in [0.1, 0.15) is 5.56 Å². The molecule has 2 aliphatic rings. The number of anilines is 2. The first-order valence-corrected chi connectivity index (χ1v) is 5.27. The molecule has 1 unspecified atom stereocenters. The summed E-state index contributed by atoms with van der Waals surface area (Å²) in [6, 6.07) is 8.34. The Balaban J connectivity index is 1.93. The average molecular weight is 211 g/mol. The molecule has 0 fully saturated rings. The van der Waals surface area contributed by atoms with Gasteiger partial charge in [0.05, 0.1) is 6.20 Å². The fourth-order valence-corrected chi connectivity index (χ4v) is 2.42. The van der Waals surface area contributed by atoms with Crippen LogP contribution < -0.4 is 9.64 Å². The van der Waals surface area contributed by atoms with Crippen LogP contribution in [0, 0.1) is 0 Å². The van der Waals surface area contributed by atoms with Gasteiger partial charge in [0.1, 0.15) is 6.33 Å². The van der Waals surface area contributed by atoms with Crippen molar-refractivity contribution in [1.29, 1.82) is 0 Å². The molecular formula is C12H9N3O. The SMILES string of the molecule is c1ccc2c(c1)CC1Oc3cncnc3N21. The molecule has 16 heavy (non-hydrogen) atoms. The largest absolute Gasteiger partial charge is 0.464 e. The van der Waals surface area contributed by atoms with Gasteiger partial charge in [-0.1, -0.05) is 18.2 Å². The minimum atomic E-state index is 0.0594. The second-order valence-corrected chi connectivity index (χ2v) is 3.99. The van der Waals surface area contributed by atoms with E-state index in [2.05, 4.69) is 33.1 Å². The van der Waals surface area contributed by atoms with Crippen LogP contribution in [0.25, 0.3) is 0 Å². The van der Waals surface area contributed by atoms with E-state index in [1.165, 1.54) is 11.3 Å². The number of fused-ring (bicyclic) bond motifs is 5. The summed E-state index contributed by atoms with van der Waals surface area (Å²) in [6.07, 6.45) is 4.26. The van der Waals surface area contributed by atoms with Gasteiger partial charge in [-0.2, -0.15) is 0 Å². The van der Waals surface area contributed by atoms with Gasteiger partial charge in [-0.05, 0) is 11.6 Å². The van der Waals surface area contributed by atoms with Crippen LogP contribution >= 0.6 is 0 Å². The van der Waals surface area contributed by atoms with E-state index in [9.17, 15) is 0 Å². The van der Waals surface area contributed by atoms with Crippen molar-refractivity contribution in [3.63, 3.8) is 0 Å². The number of hydrogen-bond acceptors (Lipinski definition) is 4. The van der Waals surface area contributed by atoms with E-state index in [-0.39, 0.29) is 6.23 Å². The third-order valence-electron chi connectivity index (χ3n) is 3.08. The first-order chi connectivity index (χ1) is 7.93. The summed E-state index contributed by atoms with van der Waals surface area (Å²) in [4.78, 5) is 10.4. The first kappa shape index (κ1) is 8.10. The second kappa shape index (κ2) is 2.72. The zero-order chi connectivity index (χ0) is 10.5. The van der Waals surface area contributed by atoms with Crippen LogP contribution in [0.15, 0.2) is 36.8 Å². The molecule has 0 spiro atoms. The fourth-order valence-electron chi connectivity index (χ4n) is 2.42. The molecule has 0 bridgehead atoms. The monoisotopic (exact) mass is 211 g/mol. The Bertz CT molecular complexity index is 520. The van der Waals surface area contributed by atoms with Gasteiger partial charge in [0.2, 0.25) is 0 Å². The maximum absolute atomic E-state index is 5.81. The van der Waals surface area contributed by atoms with Gasteiger partial charge in [0, 0.05) is 12.1 Å². The number of rotatable bonds is 0. The molecule has 0 N–H and O–H groups in total. The molecule has 0 aliphatic carbocycles. The summed E-state index contributed by atoms with van der Waals surface area (Å²) in [5.41, 5.74) is 2.52. The third-order valence-corrected chi connectivity index (χ3v) is 3.08. The van der Waals surface area contributed by atoms with Gasteiger partial charge < -0.3 is 4.74 Å². The van der Waals surface area contributed by atoms with Crippen LogP contribution in [-0.4, -0.2) is 16.2 Å². The van der Waals surface area contributed by atoms with Gasteiger partial charge in [-0.15, -0.1) is 0 Å². The number of nitrogens with zero attached hydrogens (tertiary/aromatic N) is 3. The Hall–Kier alpha value is -2.10. The molecule has 1 aromatic carbocycles. The van der Waals surface area contributed by atoms with Crippen LogP contribution in [0.5, 0.6) is 5.75 Å². The topological polar surface area (TPSA) is 38.3 Å². The number of para-hydroxylation sites is 1. The minimum absolute atomic E-state index is 0.0594.